The van der Waals surface area contributed by atoms with Crippen molar-refractivity contribution >= 4 is 0 Å². The smallest absolute Gasteiger partial charge is 0.109 e. The van der Waals surface area contributed by atoms with Crippen LogP contribution in [0, 0.1) is 34.0 Å². The van der Waals surface area contributed by atoms with E-state index in [-0.39, 0.29) is 18.7 Å². The van der Waals surface area contributed by atoms with Gasteiger partial charge in [-0.2, -0.15) is 0 Å². The molecule has 0 radical (unpaired) electrons. The monoisotopic (exact) mass is 749 g/mol. The largest absolute Gasteiger partial charge is 0.378 e. The average Bonchev–Trinajstić information content (AvgIpc) is 3.70. The van der Waals surface area contributed by atoms with E-state index in [0.717, 1.165) is 39.3 Å². The molecule has 6 fully saturated rings. The van der Waals surface area contributed by atoms with Gasteiger partial charge in [0, 0.05) is 63.9 Å². The predicted octanol–water partition coefficient (Wildman–Crippen LogP) is 6.08. The molecule has 9 nitrogen and oxygen atoms in total. The fraction of sp³-hybridized carbons (Fsp3) is 1.00. The van der Waals surface area contributed by atoms with Gasteiger partial charge in [0.2, 0.25) is 0 Å². The first-order valence-corrected chi connectivity index (χ1v) is 22.3. The van der Waals surface area contributed by atoms with Gasteiger partial charge < -0.3 is 30.0 Å². The molecule has 0 aromatic carbocycles. The first-order chi connectivity index (χ1) is 24.8. The molecule has 6 aliphatic rings. The van der Waals surface area contributed by atoms with E-state index in [0.29, 0.717) is 52.1 Å². The number of hydrogen-bond acceptors (Lipinski definition) is 9. The van der Waals surface area contributed by atoms with Crippen molar-refractivity contribution in [2.75, 3.05) is 78.5 Å². The molecule has 6 heterocycles. The highest BCUT2D eigenvalue weighted by atomic mass is 16.3. The number of aliphatic hydroxyl groups is 3. The zero-order valence-corrected chi connectivity index (χ0v) is 36.9. The van der Waals surface area contributed by atoms with E-state index >= 15 is 0 Å². The van der Waals surface area contributed by atoms with E-state index in [1.807, 2.05) is 0 Å². The third-order valence-electron chi connectivity index (χ3n) is 14.5. The molecule has 3 spiro atoms. The van der Waals surface area contributed by atoms with Crippen LogP contribution in [-0.4, -0.2) is 160 Å². The fourth-order valence-electron chi connectivity index (χ4n) is 10.4. The van der Waals surface area contributed by atoms with Gasteiger partial charge in [-0.05, 0) is 160 Å². The summed E-state index contributed by atoms with van der Waals surface area (Å²) in [6, 6.07) is 2.03. The minimum atomic E-state index is -0.251. The van der Waals surface area contributed by atoms with E-state index in [9.17, 15) is 15.3 Å². The summed E-state index contributed by atoms with van der Waals surface area (Å²) < 4.78 is 0. The van der Waals surface area contributed by atoms with E-state index < -0.39 is 0 Å². The summed E-state index contributed by atoms with van der Waals surface area (Å²) in [6.45, 7) is 40.4. The molecular weight excluding hydrogens is 661 g/mol. The first-order valence-electron chi connectivity index (χ1n) is 22.3. The number of aliphatic hydroxyl groups excluding tert-OH is 3. The number of piperidine rings is 3. The average molecular weight is 749 g/mol. The van der Waals surface area contributed by atoms with Gasteiger partial charge >= 0.3 is 0 Å². The van der Waals surface area contributed by atoms with Crippen molar-refractivity contribution in [3.05, 3.63) is 0 Å². The standard InChI is InChI=1S/2C15H30N2O.C14H28N2O/c1-12(2)14(18)17-10-7-15(11-17)5-8-16(9-6-15)13(3)4;1-12(2)14(18)17-9-7-15(11-17)6-5-8-16(10-15)13(3)4;1-11(2)13(17)16-9-14(10-16)5-7-15(8-6-14)12(3)4/h2*12-14,18H,5-11H2,1-4H3;11-13,17H,5-10H2,1-4H3. The molecule has 0 bridgehead atoms. The van der Waals surface area contributed by atoms with Crippen LogP contribution in [0.15, 0.2) is 0 Å². The lowest BCUT2D eigenvalue weighted by Gasteiger charge is -2.56. The van der Waals surface area contributed by atoms with Crippen molar-refractivity contribution in [2.24, 2.45) is 34.0 Å². The van der Waals surface area contributed by atoms with Crippen molar-refractivity contribution in [1.29, 1.82) is 0 Å². The quantitative estimate of drug-likeness (QED) is 0.260. The summed E-state index contributed by atoms with van der Waals surface area (Å²) in [6.07, 6.45) is 9.73. The highest BCUT2D eigenvalue weighted by Gasteiger charge is 2.48. The van der Waals surface area contributed by atoms with Crippen LogP contribution in [0.5, 0.6) is 0 Å². The van der Waals surface area contributed by atoms with Gasteiger partial charge in [-0.3, -0.25) is 14.7 Å². The minimum absolute atomic E-state index is 0.233. The second-order valence-electron chi connectivity index (χ2n) is 20.7. The van der Waals surface area contributed by atoms with Crippen LogP contribution in [0.2, 0.25) is 0 Å². The van der Waals surface area contributed by atoms with Gasteiger partial charge in [-0.15, -0.1) is 0 Å². The van der Waals surface area contributed by atoms with Crippen molar-refractivity contribution < 1.29 is 15.3 Å². The molecule has 0 aliphatic carbocycles. The predicted molar refractivity (Wildman–Crippen MR) is 222 cm³/mol. The maximum absolute atomic E-state index is 10.2. The fourth-order valence-corrected chi connectivity index (χ4v) is 10.4. The Labute approximate surface area is 327 Å². The summed E-state index contributed by atoms with van der Waals surface area (Å²) in [5.41, 5.74) is 1.49. The Morgan fingerprint density at radius 1 is 0.321 bits per heavy atom. The third kappa shape index (κ3) is 11.8. The van der Waals surface area contributed by atoms with Crippen LogP contribution in [-0.2, 0) is 0 Å². The Morgan fingerprint density at radius 3 is 0.981 bits per heavy atom. The van der Waals surface area contributed by atoms with E-state index in [1.165, 1.54) is 90.6 Å². The molecule has 6 rings (SSSR count). The molecule has 0 aromatic heterocycles. The van der Waals surface area contributed by atoms with Gasteiger partial charge in [0.15, 0.2) is 0 Å². The van der Waals surface area contributed by atoms with Crippen LogP contribution in [0.25, 0.3) is 0 Å². The second kappa shape index (κ2) is 19.4. The highest BCUT2D eigenvalue weighted by Crippen LogP contribution is 2.43. The third-order valence-corrected chi connectivity index (χ3v) is 14.5. The molecule has 6 saturated heterocycles. The van der Waals surface area contributed by atoms with Crippen molar-refractivity contribution in [3.8, 4) is 0 Å². The number of likely N-dealkylation sites (tertiary alicyclic amines) is 6. The van der Waals surface area contributed by atoms with Crippen LogP contribution in [0.4, 0.5) is 0 Å². The SMILES string of the molecule is CC(C)C(O)N1CC2(CCN(C(C)C)CC2)C1.CC(C)C(O)N1CCC2(CCCN(C(C)C)C2)C1.CC(C)C(O)N1CCC2(CCN(C(C)C)CC2)C1. The van der Waals surface area contributed by atoms with Gasteiger partial charge in [0.1, 0.15) is 18.7 Å². The van der Waals surface area contributed by atoms with Crippen molar-refractivity contribution in [1.82, 2.24) is 29.4 Å². The van der Waals surface area contributed by atoms with Crippen LogP contribution < -0.4 is 0 Å². The molecule has 4 atom stereocenters. The Hall–Kier alpha value is -0.360. The molecule has 6 aliphatic heterocycles. The minimum Gasteiger partial charge on any atom is -0.378 e. The Kier molecular flexibility index (Phi) is 16.6. The zero-order chi connectivity index (χ0) is 39.3. The topological polar surface area (TPSA) is 80.1 Å². The Bertz CT molecular complexity index is 1060. The van der Waals surface area contributed by atoms with Gasteiger partial charge in [-0.1, -0.05) is 41.5 Å². The molecular formula is C44H88N6O3. The Morgan fingerprint density at radius 2 is 0.604 bits per heavy atom. The molecule has 0 aromatic rings. The summed E-state index contributed by atoms with van der Waals surface area (Å²) in [5.74, 6) is 1.03. The first kappa shape index (κ1) is 45.3. The van der Waals surface area contributed by atoms with Crippen LogP contribution in [0.3, 0.4) is 0 Å². The zero-order valence-electron chi connectivity index (χ0n) is 36.9. The molecule has 4 unspecified atom stereocenters. The number of rotatable bonds is 9. The van der Waals surface area contributed by atoms with Crippen molar-refractivity contribution in [2.45, 2.75) is 171 Å². The molecule has 53 heavy (non-hydrogen) atoms. The summed E-state index contributed by atoms with van der Waals surface area (Å²) in [5, 5.41) is 30.4. The summed E-state index contributed by atoms with van der Waals surface area (Å²) in [7, 11) is 0. The van der Waals surface area contributed by atoms with Crippen LogP contribution >= 0.6 is 0 Å². The lowest BCUT2D eigenvalue weighted by Crippen LogP contribution is -2.64. The van der Waals surface area contributed by atoms with Gasteiger partial charge in [0.25, 0.3) is 0 Å². The maximum atomic E-state index is 10.2. The summed E-state index contributed by atoms with van der Waals surface area (Å²) >= 11 is 0. The molecule has 3 N–H and O–H groups in total. The lowest BCUT2D eigenvalue weighted by molar-refractivity contribution is -0.146. The van der Waals surface area contributed by atoms with E-state index in [2.05, 4.69) is 112 Å². The van der Waals surface area contributed by atoms with Gasteiger partial charge in [-0.25, -0.2) is 0 Å². The lowest BCUT2D eigenvalue weighted by atomic mass is 9.71. The van der Waals surface area contributed by atoms with Crippen molar-refractivity contribution in [3.63, 3.8) is 0 Å². The summed E-state index contributed by atoms with van der Waals surface area (Å²) in [4.78, 5) is 14.6. The number of hydrogen-bond donors (Lipinski definition) is 3. The maximum Gasteiger partial charge on any atom is 0.109 e. The molecule has 9 heteroatoms. The van der Waals surface area contributed by atoms with Gasteiger partial charge in [0.05, 0.1) is 0 Å². The normalized spacial score (nSPS) is 29.4. The molecule has 0 amide bonds. The molecule has 0 saturated carbocycles. The van der Waals surface area contributed by atoms with Crippen LogP contribution in [0.1, 0.15) is 134 Å². The van der Waals surface area contributed by atoms with E-state index in [4.69, 9.17) is 0 Å². The number of nitrogens with zero attached hydrogens (tertiary/aromatic N) is 6. The highest BCUT2D eigenvalue weighted by molar-refractivity contribution is 5.00. The second-order valence-corrected chi connectivity index (χ2v) is 20.7. The molecule has 312 valence electrons. The Balaban J connectivity index is 0.000000178. The van der Waals surface area contributed by atoms with E-state index in [1.54, 1.807) is 0 Å².